The topological polar surface area (TPSA) is 117 Å². The Bertz CT molecular complexity index is 2360. The number of fused-ring (bicyclic) bond motifs is 1. The highest BCUT2D eigenvalue weighted by Crippen LogP contribution is 2.45. The summed E-state index contributed by atoms with van der Waals surface area (Å²) in [4.78, 5) is 23.7. The molecule has 0 amide bonds. The maximum atomic E-state index is 13.3. The number of hydrogen-bond donors (Lipinski definition) is 1. The molecular formula is C43H32N2O7S. The molecule has 0 saturated carbocycles. The van der Waals surface area contributed by atoms with E-state index in [-0.39, 0.29) is 6.42 Å². The molecular weight excluding hydrogens is 689 g/mol. The van der Waals surface area contributed by atoms with Crippen LogP contribution in [0.3, 0.4) is 0 Å². The van der Waals surface area contributed by atoms with Gasteiger partial charge in [0.2, 0.25) is 0 Å². The number of methoxy groups -OCH3 is 1. The van der Waals surface area contributed by atoms with Crippen LogP contribution in [-0.4, -0.2) is 33.2 Å². The van der Waals surface area contributed by atoms with Gasteiger partial charge in [0.05, 0.1) is 24.4 Å². The van der Waals surface area contributed by atoms with Crippen LogP contribution in [0, 0.1) is 0 Å². The minimum absolute atomic E-state index is 0.266. The molecule has 7 aromatic rings. The molecule has 1 aliphatic rings. The molecule has 2 heterocycles. The lowest BCUT2D eigenvalue weighted by atomic mass is 9.88. The number of esters is 1. The van der Waals surface area contributed by atoms with Crippen LogP contribution in [0.4, 0.5) is 0 Å². The second-order valence-electron chi connectivity index (χ2n) is 11.9. The third-order valence-corrected chi connectivity index (χ3v) is 9.01. The number of carbonyl (C=O) groups is 2. The fraction of sp³-hybridized carbons (Fsp3) is 0.0698. The molecule has 6 aromatic carbocycles. The van der Waals surface area contributed by atoms with E-state index in [1.54, 1.807) is 67.8 Å². The van der Waals surface area contributed by atoms with Gasteiger partial charge in [-0.05, 0) is 108 Å². The first-order valence-corrected chi connectivity index (χ1v) is 17.3. The minimum atomic E-state index is -1.95. The van der Waals surface area contributed by atoms with E-state index in [2.05, 4.69) is 8.75 Å². The number of ether oxygens (including phenoxy) is 4. The van der Waals surface area contributed by atoms with E-state index in [1.807, 2.05) is 91.0 Å². The van der Waals surface area contributed by atoms with Crippen LogP contribution < -0.4 is 14.2 Å². The number of hydrogen-bond acceptors (Lipinski definition) is 10. The van der Waals surface area contributed by atoms with E-state index >= 15 is 0 Å². The predicted molar refractivity (Wildman–Crippen MR) is 202 cm³/mol. The Morgan fingerprint density at radius 1 is 0.679 bits per heavy atom. The molecule has 0 radical (unpaired) electrons. The van der Waals surface area contributed by atoms with Crippen molar-refractivity contribution in [3.8, 4) is 28.7 Å². The molecule has 1 atom stereocenters. The standard InChI is InChI=1S/C30H22N2O5S.C13H10O2/c1-35-22-14-10-21(11-15-22)30(34)25(17-19-7-12-24(13-8-19)36-23-5-3-2-4-6-23)28(29(33)37-30)20-9-16-26-27(18-20)32-38-31-26;14-10-11-6-8-13(9-7-11)15-12-4-2-1-3-5-12/h2-16,18,34H,17H2,1H3;1-10H. The SMILES string of the molecule is COc1ccc(C2(O)OC(=O)C(c3ccc4nsnc4c3)=C2Cc2ccc(Oc3ccccc3)cc2)cc1.O=Cc1ccc(Oc2ccccc2)cc1. The lowest BCUT2D eigenvalue weighted by molar-refractivity contribution is -0.185. The fourth-order valence-corrected chi connectivity index (χ4v) is 6.29. The monoisotopic (exact) mass is 720 g/mol. The molecule has 1 unspecified atom stereocenters. The quantitative estimate of drug-likeness (QED) is 0.109. The van der Waals surface area contributed by atoms with Gasteiger partial charge in [-0.15, -0.1) is 0 Å². The van der Waals surface area contributed by atoms with Crippen LogP contribution in [-0.2, 0) is 21.7 Å². The van der Waals surface area contributed by atoms with Gasteiger partial charge in [-0.2, -0.15) is 8.75 Å². The maximum Gasteiger partial charge on any atom is 0.342 e. The molecule has 1 aliphatic heterocycles. The van der Waals surface area contributed by atoms with E-state index in [0.717, 1.165) is 46.3 Å². The van der Waals surface area contributed by atoms with Crippen LogP contribution in [0.15, 0.2) is 157 Å². The number of nitrogens with zero attached hydrogens (tertiary/aromatic N) is 2. The van der Waals surface area contributed by atoms with E-state index in [0.29, 0.717) is 44.9 Å². The summed E-state index contributed by atoms with van der Waals surface area (Å²) in [6.07, 6.45) is 1.08. The Hall–Kier alpha value is -6.62. The first kappa shape index (κ1) is 34.8. The summed E-state index contributed by atoms with van der Waals surface area (Å²) in [7, 11) is 1.57. The van der Waals surface area contributed by atoms with Gasteiger partial charge in [0.15, 0.2) is 0 Å². The van der Waals surface area contributed by atoms with Crippen molar-refractivity contribution >= 4 is 40.6 Å². The molecule has 1 N–H and O–H groups in total. The number of benzene rings is 6. The molecule has 53 heavy (non-hydrogen) atoms. The Labute approximate surface area is 309 Å². The molecule has 8 rings (SSSR count). The molecule has 1 aromatic heterocycles. The van der Waals surface area contributed by atoms with Crippen molar-refractivity contribution in [1.29, 1.82) is 0 Å². The molecule has 262 valence electrons. The number of aliphatic hydroxyl groups is 1. The Morgan fingerprint density at radius 3 is 1.81 bits per heavy atom. The minimum Gasteiger partial charge on any atom is -0.497 e. The second kappa shape index (κ2) is 15.7. The number of carbonyl (C=O) groups excluding carboxylic acids is 2. The van der Waals surface area contributed by atoms with Crippen molar-refractivity contribution in [2.24, 2.45) is 0 Å². The van der Waals surface area contributed by atoms with Crippen LogP contribution in [0.1, 0.15) is 27.0 Å². The third-order valence-electron chi connectivity index (χ3n) is 8.46. The fourth-order valence-electron chi connectivity index (χ4n) is 5.77. The molecule has 9 nitrogen and oxygen atoms in total. The highest BCUT2D eigenvalue weighted by molar-refractivity contribution is 7.00. The molecule has 0 saturated heterocycles. The van der Waals surface area contributed by atoms with E-state index in [9.17, 15) is 14.7 Å². The summed E-state index contributed by atoms with van der Waals surface area (Å²) < 4.78 is 31.0. The molecule has 0 bridgehead atoms. The average Bonchev–Trinajstić information content (AvgIpc) is 3.78. The number of aldehydes is 1. The zero-order valence-electron chi connectivity index (χ0n) is 28.4. The smallest absolute Gasteiger partial charge is 0.342 e. The summed E-state index contributed by atoms with van der Waals surface area (Å²) in [5.74, 6) is 1.00. The van der Waals surface area contributed by atoms with Gasteiger partial charge in [-0.1, -0.05) is 54.6 Å². The highest BCUT2D eigenvalue weighted by atomic mass is 32.1. The second-order valence-corrected chi connectivity index (χ2v) is 12.4. The van der Waals surface area contributed by atoms with E-state index in [1.165, 1.54) is 0 Å². The van der Waals surface area contributed by atoms with E-state index < -0.39 is 11.8 Å². The molecule has 0 aliphatic carbocycles. The third kappa shape index (κ3) is 7.99. The van der Waals surface area contributed by atoms with Crippen molar-refractivity contribution in [3.63, 3.8) is 0 Å². The van der Waals surface area contributed by atoms with Crippen molar-refractivity contribution < 1.29 is 33.6 Å². The number of para-hydroxylation sites is 2. The molecule has 10 heteroatoms. The predicted octanol–water partition coefficient (Wildman–Crippen LogP) is 9.18. The summed E-state index contributed by atoms with van der Waals surface area (Å²) in [6.45, 7) is 0. The van der Waals surface area contributed by atoms with Crippen LogP contribution in [0.5, 0.6) is 28.7 Å². The van der Waals surface area contributed by atoms with Crippen LogP contribution >= 0.6 is 11.7 Å². The summed E-state index contributed by atoms with van der Waals surface area (Å²) >= 11 is 1.10. The van der Waals surface area contributed by atoms with Gasteiger partial charge in [0.25, 0.3) is 5.79 Å². The van der Waals surface area contributed by atoms with Gasteiger partial charge in [-0.3, -0.25) is 4.79 Å². The first-order valence-electron chi connectivity index (χ1n) is 16.6. The van der Waals surface area contributed by atoms with Gasteiger partial charge in [-0.25, -0.2) is 4.79 Å². The van der Waals surface area contributed by atoms with Gasteiger partial charge in [0, 0.05) is 23.1 Å². The summed E-state index contributed by atoms with van der Waals surface area (Å²) in [6, 6.07) is 45.8. The van der Waals surface area contributed by atoms with Crippen molar-refractivity contribution in [2.75, 3.05) is 7.11 Å². The lowest BCUT2D eigenvalue weighted by Crippen LogP contribution is -2.29. The van der Waals surface area contributed by atoms with Crippen molar-refractivity contribution in [1.82, 2.24) is 8.75 Å². The van der Waals surface area contributed by atoms with Crippen LogP contribution in [0.25, 0.3) is 16.6 Å². The van der Waals surface area contributed by atoms with Crippen molar-refractivity contribution in [3.05, 3.63) is 179 Å². The van der Waals surface area contributed by atoms with Gasteiger partial charge >= 0.3 is 5.97 Å². The van der Waals surface area contributed by atoms with Gasteiger partial charge in [0.1, 0.15) is 46.1 Å². The summed E-state index contributed by atoms with van der Waals surface area (Å²) in [5, 5.41) is 11.9. The molecule has 0 fully saturated rings. The molecule has 0 spiro atoms. The Kier molecular flexibility index (Phi) is 10.3. The normalized spacial score (nSPS) is 14.9. The highest BCUT2D eigenvalue weighted by Gasteiger charge is 2.48. The summed E-state index contributed by atoms with van der Waals surface area (Å²) in [5.41, 5.74) is 4.72. The van der Waals surface area contributed by atoms with E-state index in [4.69, 9.17) is 18.9 Å². The number of cyclic esters (lactones) is 1. The number of rotatable bonds is 10. The van der Waals surface area contributed by atoms with Gasteiger partial charge < -0.3 is 24.1 Å². The number of aromatic nitrogens is 2. The van der Waals surface area contributed by atoms with Crippen LogP contribution in [0.2, 0.25) is 0 Å². The Balaban J connectivity index is 0.000000242. The van der Waals surface area contributed by atoms with Crippen molar-refractivity contribution in [2.45, 2.75) is 12.2 Å². The first-order chi connectivity index (χ1) is 25.9. The Morgan fingerprint density at radius 2 is 1.23 bits per heavy atom. The maximum absolute atomic E-state index is 13.3. The zero-order valence-corrected chi connectivity index (χ0v) is 29.2. The lowest BCUT2D eigenvalue weighted by Gasteiger charge is -2.26. The average molecular weight is 721 g/mol. The zero-order chi connectivity index (χ0) is 36.6. The largest absolute Gasteiger partial charge is 0.497 e.